The van der Waals surface area contributed by atoms with Crippen molar-refractivity contribution < 1.29 is 18.4 Å². The second-order valence-corrected chi connectivity index (χ2v) is 10.5. The molecule has 0 spiro atoms. The van der Waals surface area contributed by atoms with E-state index in [1.54, 1.807) is 17.2 Å². The number of amides is 1. The molecule has 1 fully saturated rings. The molecule has 1 amide bonds. The van der Waals surface area contributed by atoms with E-state index in [2.05, 4.69) is 20.2 Å². The lowest BCUT2D eigenvalue weighted by Crippen LogP contribution is -2.42. The van der Waals surface area contributed by atoms with E-state index in [1.165, 1.54) is 6.07 Å². The number of likely N-dealkylation sites (N-methyl/N-ethyl adjacent to an activating group) is 2. The number of piperidine rings is 1. The molecule has 0 radical (unpaired) electrons. The monoisotopic (exact) mass is 543 g/mol. The van der Waals surface area contributed by atoms with Crippen LogP contribution in [0.5, 0.6) is 0 Å². The number of ketones is 1. The van der Waals surface area contributed by atoms with Gasteiger partial charge in [-0.05, 0) is 51.2 Å². The highest BCUT2D eigenvalue weighted by molar-refractivity contribution is 7.18. The molecule has 1 aliphatic heterocycles. The number of nitrogens with zero attached hydrogens (tertiary/aromatic N) is 5. The van der Waals surface area contributed by atoms with Crippen LogP contribution in [0.25, 0.3) is 0 Å². The fourth-order valence-corrected chi connectivity index (χ4v) is 5.08. The van der Waals surface area contributed by atoms with E-state index >= 15 is 0 Å². The third-order valence-electron chi connectivity index (χ3n) is 6.43. The van der Waals surface area contributed by atoms with Crippen LogP contribution in [0.1, 0.15) is 38.4 Å². The second-order valence-electron chi connectivity index (χ2n) is 9.50. The van der Waals surface area contributed by atoms with Crippen LogP contribution in [-0.2, 0) is 0 Å². The standard InChI is InChI=1S/C26H31F2N7O2S/c1-33(2)13-14-34(3)20-8-7-16(15-30-20)25(37)35-11-9-17(10-12-35)31-26-32-24(29)23(38-26)22(36)21-18(27)5-4-6-19(21)28/h4-8,15,17H,9-14,29H2,1-3H3,(H,31,32). The molecule has 0 aliphatic carbocycles. The highest BCUT2D eigenvalue weighted by Crippen LogP contribution is 2.30. The Hall–Kier alpha value is -3.64. The minimum atomic E-state index is -0.949. The number of carbonyl (C=O) groups is 2. The van der Waals surface area contributed by atoms with Crippen LogP contribution < -0.4 is 16.0 Å². The van der Waals surface area contributed by atoms with Crippen molar-refractivity contribution in [2.75, 3.05) is 63.3 Å². The molecule has 38 heavy (non-hydrogen) atoms. The Morgan fingerprint density at radius 2 is 1.79 bits per heavy atom. The van der Waals surface area contributed by atoms with Crippen molar-refractivity contribution in [3.8, 4) is 0 Å². The average molecular weight is 544 g/mol. The van der Waals surface area contributed by atoms with Crippen molar-refractivity contribution >= 4 is 39.8 Å². The number of likely N-dealkylation sites (tertiary alicyclic amines) is 1. The van der Waals surface area contributed by atoms with Crippen LogP contribution in [0.3, 0.4) is 0 Å². The number of halogens is 2. The number of thiazole rings is 1. The first-order valence-corrected chi connectivity index (χ1v) is 13.1. The van der Waals surface area contributed by atoms with E-state index < -0.39 is 23.0 Å². The molecular weight excluding hydrogens is 512 g/mol. The van der Waals surface area contributed by atoms with E-state index in [1.807, 2.05) is 32.1 Å². The van der Waals surface area contributed by atoms with E-state index in [9.17, 15) is 18.4 Å². The van der Waals surface area contributed by atoms with Crippen molar-refractivity contribution in [3.63, 3.8) is 0 Å². The second kappa shape index (κ2) is 11.8. The molecule has 0 saturated carbocycles. The van der Waals surface area contributed by atoms with E-state index in [4.69, 9.17) is 5.73 Å². The van der Waals surface area contributed by atoms with Gasteiger partial charge in [0.15, 0.2) is 5.13 Å². The van der Waals surface area contributed by atoms with Gasteiger partial charge in [-0.2, -0.15) is 0 Å². The number of pyridine rings is 1. The quantitative estimate of drug-likeness (QED) is 0.396. The molecule has 4 rings (SSSR count). The van der Waals surface area contributed by atoms with Crippen LogP contribution >= 0.6 is 11.3 Å². The van der Waals surface area contributed by atoms with Crippen LogP contribution in [0.15, 0.2) is 36.5 Å². The number of benzene rings is 1. The lowest BCUT2D eigenvalue weighted by molar-refractivity contribution is 0.0718. The third kappa shape index (κ3) is 6.25. The Labute approximate surface area is 224 Å². The Balaban J connectivity index is 1.32. The third-order valence-corrected chi connectivity index (χ3v) is 7.43. The number of anilines is 3. The first-order chi connectivity index (χ1) is 18.1. The van der Waals surface area contributed by atoms with E-state index in [0.717, 1.165) is 42.4 Å². The molecule has 0 bridgehead atoms. The molecule has 2 aromatic heterocycles. The zero-order chi connectivity index (χ0) is 27.4. The molecule has 1 aliphatic rings. The minimum Gasteiger partial charge on any atom is -0.382 e. The summed E-state index contributed by atoms with van der Waals surface area (Å²) in [6.07, 6.45) is 2.94. The number of nitrogens with one attached hydrogen (secondary N) is 1. The number of aromatic nitrogens is 2. The van der Waals surface area contributed by atoms with Crippen LogP contribution in [0.4, 0.5) is 25.5 Å². The number of nitrogen functional groups attached to an aromatic ring is 1. The summed E-state index contributed by atoms with van der Waals surface area (Å²) >= 11 is 0.960. The van der Waals surface area contributed by atoms with Gasteiger partial charge in [0, 0.05) is 45.5 Å². The maximum atomic E-state index is 14.1. The number of rotatable bonds is 9. The molecule has 0 unspecified atom stereocenters. The topological polar surface area (TPSA) is 108 Å². The molecule has 0 atom stereocenters. The maximum Gasteiger partial charge on any atom is 0.255 e. The number of hydrogen-bond acceptors (Lipinski definition) is 9. The van der Waals surface area contributed by atoms with Gasteiger partial charge in [-0.25, -0.2) is 18.7 Å². The van der Waals surface area contributed by atoms with Gasteiger partial charge in [-0.15, -0.1) is 0 Å². The van der Waals surface area contributed by atoms with Crippen molar-refractivity contribution in [1.29, 1.82) is 0 Å². The van der Waals surface area contributed by atoms with Gasteiger partial charge >= 0.3 is 0 Å². The predicted molar refractivity (Wildman–Crippen MR) is 145 cm³/mol. The van der Waals surface area contributed by atoms with Crippen molar-refractivity contribution in [2.45, 2.75) is 18.9 Å². The molecule has 3 heterocycles. The zero-order valence-electron chi connectivity index (χ0n) is 21.6. The Kier molecular flexibility index (Phi) is 8.52. The summed E-state index contributed by atoms with van der Waals surface area (Å²) in [6, 6.07) is 6.91. The summed E-state index contributed by atoms with van der Waals surface area (Å²) in [7, 11) is 6.00. The van der Waals surface area contributed by atoms with Gasteiger partial charge in [0.1, 0.15) is 28.1 Å². The molecule has 9 nitrogen and oxygen atoms in total. The highest BCUT2D eigenvalue weighted by atomic mass is 32.1. The first kappa shape index (κ1) is 27.4. The van der Waals surface area contributed by atoms with Gasteiger partial charge in [0.2, 0.25) is 5.78 Å². The van der Waals surface area contributed by atoms with Crippen molar-refractivity contribution in [3.05, 3.63) is 64.2 Å². The van der Waals surface area contributed by atoms with Gasteiger partial charge in [-0.1, -0.05) is 17.4 Å². The summed E-state index contributed by atoms with van der Waals surface area (Å²) in [4.78, 5) is 40.3. The van der Waals surface area contributed by atoms with Crippen LogP contribution in [0.2, 0.25) is 0 Å². The summed E-state index contributed by atoms with van der Waals surface area (Å²) in [5, 5.41) is 3.64. The fraction of sp³-hybridized carbons (Fsp3) is 0.385. The summed E-state index contributed by atoms with van der Waals surface area (Å²) in [5.41, 5.74) is 5.79. The fourth-order valence-electron chi connectivity index (χ4n) is 4.17. The number of nitrogens with two attached hydrogens (primary N) is 1. The molecule has 1 saturated heterocycles. The Morgan fingerprint density at radius 1 is 1.11 bits per heavy atom. The molecule has 3 aromatic rings. The highest BCUT2D eigenvalue weighted by Gasteiger charge is 2.27. The number of hydrogen-bond donors (Lipinski definition) is 2. The summed E-state index contributed by atoms with van der Waals surface area (Å²) < 4.78 is 28.1. The molecule has 1 aromatic carbocycles. The Bertz CT molecular complexity index is 1270. The van der Waals surface area contributed by atoms with Crippen molar-refractivity contribution in [1.82, 2.24) is 19.8 Å². The minimum absolute atomic E-state index is 0.00333. The molecule has 12 heteroatoms. The predicted octanol–water partition coefficient (Wildman–Crippen LogP) is 3.34. The van der Waals surface area contributed by atoms with Gasteiger partial charge < -0.3 is 25.8 Å². The molecular formula is C26H31F2N7O2S. The molecule has 202 valence electrons. The first-order valence-electron chi connectivity index (χ1n) is 12.3. The van der Waals surface area contributed by atoms with Crippen molar-refractivity contribution in [2.24, 2.45) is 0 Å². The van der Waals surface area contributed by atoms with Gasteiger partial charge in [0.25, 0.3) is 5.91 Å². The summed E-state index contributed by atoms with van der Waals surface area (Å²) in [5.74, 6) is -2.08. The zero-order valence-corrected chi connectivity index (χ0v) is 22.4. The van der Waals surface area contributed by atoms with Gasteiger partial charge in [-0.3, -0.25) is 9.59 Å². The van der Waals surface area contributed by atoms with Crippen LogP contribution in [-0.4, -0.2) is 84.8 Å². The normalized spacial score (nSPS) is 14.1. The SMILES string of the molecule is CN(C)CCN(C)c1ccc(C(=O)N2CCC(Nc3nc(N)c(C(=O)c4c(F)cccc4F)s3)CC2)cn1. The summed E-state index contributed by atoms with van der Waals surface area (Å²) in [6.45, 7) is 2.80. The maximum absolute atomic E-state index is 14.1. The van der Waals surface area contributed by atoms with E-state index in [-0.39, 0.29) is 22.6 Å². The van der Waals surface area contributed by atoms with Crippen LogP contribution in [0, 0.1) is 11.6 Å². The average Bonchev–Trinajstić information content (AvgIpc) is 3.26. The lowest BCUT2D eigenvalue weighted by Gasteiger charge is -2.32. The smallest absolute Gasteiger partial charge is 0.255 e. The van der Waals surface area contributed by atoms with E-state index in [0.29, 0.717) is 36.6 Å². The molecule has 3 N–H and O–H groups in total. The lowest BCUT2D eigenvalue weighted by atomic mass is 10.0. The Morgan fingerprint density at radius 3 is 2.39 bits per heavy atom. The van der Waals surface area contributed by atoms with Gasteiger partial charge in [0.05, 0.1) is 11.1 Å². The number of carbonyl (C=O) groups excluding carboxylic acids is 2. The largest absolute Gasteiger partial charge is 0.382 e.